The lowest BCUT2D eigenvalue weighted by Gasteiger charge is -2.25. The van der Waals surface area contributed by atoms with Crippen molar-refractivity contribution < 1.29 is 9.18 Å². The second-order valence-corrected chi connectivity index (χ2v) is 7.70. The molecule has 5 rings (SSSR count). The van der Waals surface area contributed by atoms with Crippen molar-refractivity contribution in [2.75, 3.05) is 22.1 Å². The third-order valence-corrected chi connectivity index (χ3v) is 5.64. The smallest absolute Gasteiger partial charge is 0.247 e. The van der Waals surface area contributed by atoms with Gasteiger partial charge in [-0.2, -0.15) is 9.37 Å². The van der Waals surface area contributed by atoms with Crippen LogP contribution in [0.4, 0.5) is 27.7 Å². The van der Waals surface area contributed by atoms with E-state index in [4.69, 9.17) is 9.97 Å². The first-order valence-electron chi connectivity index (χ1n) is 10.4. The van der Waals surface area contributed by atoms with Gasteiger partial charge in [-0.25, -0.2) is 15.0 Å². The van der Waals surface area contributed by atoms with Crippen molar-refractivity contribution >= 4 is 29.2 Å². The molecular weight excluding hydrogens is 397 g/mol. The molecule has 3 aromatic rings. The Balaban J connectivity index is 1.41. The minimum Gasteiger partial charge on any atom is -0.329 e. The number of carbonyl (C=O) groups is 1. The van der Waals surface area contributed by atoms with Crippen LogP contribution in [0.2, 0.25) is 0 Å². The summed E-state index contributed by atoms with van der Waals surface area (Å²) in [5, 5.41) is 6.15. The van der Waals surface area contributed by atoms with Crippen LogP contribution in [0.3, 0.4) is 0 Å². The zero-order valence-corrected chi connectivity index (χ0v) is 16.9. The van der Waals surface area contributed by atoms with Crippen LogP contribution in [0, 0.1) is 5.95 Å². The van der Waals surface area contributed by atoms with E-state index in [1.807, 2.05) is 23.1 Å². The summed E-state index contributed by atoms with van der Waals surface area (Å²) in [6, 6.07) is 8.01. The van der Waals surface area contributed by atoms with E-state index in [1.165, 1.54) is 18.3 Å². The highest BCUT2D eigenvalue weighted by Crippen LogP contribution is 2.32. The summed E-state index contributed by atoms with van der Waals surface area (Å²) in [4.78, 5) is 32.4. The van der Waals surface area contributed by atoms with Crippen molar-refractivity contribution in [3.05, 3.63) is 59.9 Å². The van der Waals surface area contributed by atoms with Gasteiger partial charge in [0.05, 0.1) is 17.6 Å². The highest BCUT2D eigenvalue weighted by Gasteiger charge is 2.34. The van der Waals surface area contributed by atoms with Gasteiger partial charge in [-0.3, -0.25) is 4.79 Å². The average Bonchev–Trinajstić information content (AvgIpc) is 3.45. The maximum Gasteiger partial charge on any atom is 0.247 e. The van der Waals surface area contributed by atoms with Crippen LogP contribution in [0.25, 0.3) is 0 Å². The molecule has 1 aliphatic carbocycles. The number of aryl methyl sites for hydroxylation is 1. The van der Waals surface area contributed by atoms with Crippen LogP contribution >= 0.6 is 0 Å². The maximum atomic E-state index is 13.1. The number of halogens is 1. The molecule has 31 heavy (non-hydrogen) atoms. The molecule has 158 valence electrons. The van der Waals surface area contributed by atoms with Crippen LogP contribution in [0.5, 0.6) is 0 Å². The summed E-state index contributed by atoms with van der Waals surface area (Å²) in [6.07, 6.45) is 7.46. The standard InChI is InChI=1S/C22H22FN7O/c23-18-10-9-14(13-25-18)26-21(31)17-7-4-12-30(17)22-27-16-6-3-5-15(16)20(29-22)28-19-8-1-2-11-24-19/h1-2,8-11,13,17H,3-7,12H2,(H,26,31)(H,24,27,28,29). The zero-order valence-electron chi connectivity index (χ0n) is 16.9. The number of rotatable bonds is 5. The number of carbonyl (C=O) groups excluding carboxylic acids is 1. The number of nitrogens with one attached hydrogen (secondary N) is 2. The molecule has 0 saturated carbocycles. The molecule has 0 aromatic carbocycles. The highest BCUT2D eigenvalue weighted by molar-refractivity contribution is 5.96. The topological polar surface area (TPSA) is 95.9 Å². The van der Waals surface area contributed by atoms with Gasteiger partial charge in [0.25, 0.3) is 0 Å². The van der Waals surface area contributed by atoms with Crippen LogP contribution in [-0.4, -0.2) is 38.4 Å². The van der Waals surface area contributed by atoms with E-state index in [-0.39, 0.29) is 5.91 Å². The molecule has 1 saturated heterocycles. The summed E-state index contributed by atoms with van der Waals surface area (Å²) in [5.41, 5.74) is 2.61. The molecule has 3 aromatic heterocycles. The number of hydrogen-bond donors (Lipinski definition) is 2. The second kappa shape index (κ2) is 8.25. The van der Waals surface area contributed by atoms with E-state index >= 15 is 0 Å². The minimum absolute atomic E-state index is 0.172. The second-order valence-electron chi connectivity index (χ2n) is 7.70. The largest absolute Gasteiger partial charge is 0.329 e. The molecule has 2 aliphatic rings. The number of fused-ring (bicyclic) bond motifs is 1. The molecule has 1 aliphatic heterocycles. The predicted molar refractivity (Wildman–Crippen MR) is 115 cm³/mol. The monoisotopic (exact) mass is 419 g/mol. The van der Waals surface area contributed by atoms with Gasteiger partial charge in [0.1, 0.15) is 17.7 Å². The number of anilines is 4. The fourth-order valence-electron chi connectivity index (χ4n) is 4.16. The van der Waals surface area contributed by atoms with Crippen LogP contribution < -0.4 is 15.5 Å². The zero-order chi connectivity index (χ0) is 21.2. The molecule has 1 unspecified atom stereocenters. The number of amides is 1. The Labute approximate surface area is 179 Å². The Hall–Kier alpha value is -3.62. The lowest BCUT2D eigenvalue weighted by molar-refractivity contribution is -0.117. The fraction of sp³-hybridized carbons (Fsp3) is 0.318. The minimum atomic E-state index is -0.583. The summed E-state index contributed by atoms with van der Waals surface area (Å²) in [6.45, 7) is 0.696. The van der Waals surface area contributed by atoms with Gasteiger partial charge in [0.15, 0.2) is 0 Å². The van der Waals surface area contributed by atoms with E-state index in [1.54, 1.807) is 6.20 Å². The molecule has 9 heteroatoms. The van der Waals surface area contributed by atoms with Gasteiger partial charge in [0.2, 0.25) is 17.8 Å². The normalized spacial score (nSPS) is 17.5. The Morgan fingerprint density at radius 3 is 2.84 bits per heavy atom. The van der Waals surface area contributed by atoms with Crippen molar-refractivity contribution in [3.63, 3.8) is 0 Å². The molecule has 0 spiro atoms. The fourth-order valence-corrected chi connectivity index (χ4v) is 4.16. The summed E-state index contributed by atoms with van der Waals surface area (Å²) in [7, 11) is 0. The van der Waals surface area contributed by atoms with Gasteiger partial charge >= 0.3 is 0 Å². The first-order chi connectivity index (χ1) is 15.2. The number of pyridine rings is 2. The molecular formula is C22H22FN7O. The molecule has 1 amide bonds. The number of aromatic nitrogens is 4. The molecule has 8 nitrogen and oxygen atoms in total. The third kappa shape index (κ3) is 4.03. The lowest BCUT2D eigenvalue weighted by Crippen LogP contribution is -2.40. The van der Waals surface area contributed by atoms with Crippen molar-refractivity contribution in [2.45, 2.75) is 38.1 Å². The summed E-state index contributed by atoms with van der Waals surface area (Å²) >= 11 is 0. The van der Waals surface area contributed by atoms with Gasteiger partial charge < -0.3 is 15.5 Å². The van der Waals surface area contributed by atoms with Gasteiger partial charge in [0, 0.05) is 18.3 Å². The predicted octanol–water partition coefficient (Wildman–Crippen LogP) is 3.25. The molecule has 0 radical (unpaired) electrons. The maximum absolute atomic E-state index is 13.1. The van der Waals surface area contributed by atoms with E-state index < -0.39 is 12.0 Å². The summed E-state index contributed by atoms with van der Waals surface area (Å²) in [5.74, 6) is 1.27. The number of nitrogens with zero attached hydrogens (tertiary/aromatic N) is 5. The first kappa shape index (κ1) is 19.3. The van der Waals surface area contributed by atoms with Crippen LogP contribution in [0.1, 0.15) is 30.5 Å². The van der Waals surface area contributed by atoms with Gasteiger partial charge in [-0.1, -0.05) is 6.07 Å². The van der Waals surface area contributed by atoms with Crippen molar-refractivity contribution in [1.29, 1.82) is 0 Å². The van der Waals surface area contributed by atoms with E-state index in [9.17, 15) is 9.18 Å². The Bertz CT molecular complexity index is 1090. The summed E-state index contributed by atoms with van der Waals surface area (Å²) < 4.78 is 13.1. The Morgan fingerprint density at radius 2 is 2.03 bits per heavy atom. The van der Waals surface area contributed by atoms with E-state index in [0.717, 1.165) is 48.6 Å². The molecule has 0 bridgehead atoms. The van der Waals surface area contributed by atoms with Crippen molar-refractivity contribution in [2.24, 2.45) is 0 Å². The van der Waals surface area contributed by atoms with E-state index in [2.05, 4.69) is 20.6 Å². The molecule has 2 N–H and O–H groups in total. The van der Waals surface area contributed by atoms with Crippen LogP contribution in [0.15, 0.2) is 42.7 Å². The third-order valence-electron chi connectivity index (χ3n) is 5.64. The molecule has 4 heterocycles. The van der Waals surface area contributed by atoms with Crippen molar-refractivity contribution in [3.8, 4) is 0 Å². The quantitative estimate of drug-likeness (QED) is 0.613. The number of hydrogen-bond acceptors (Lipinski definition) is 7. The van der Waals surface area contributed by atoms with Gasteiger partial charge in [-0.15, -0.1) is 0 Å². The Kier molecular flexibility index (Phi) is 5.15. The van der Waals surface area contributed by atoms with E-state index in [0.29, 0.717) is 24.6 Å². The first-order valence-corrected chi connectivity index (χ1v) is 10.4. The van der Waals surface area contributed by atoms with Crippen molar-refractivity contribution in [1.82, 2.24) is 19.9 Å². The van der Waals surface area contributed by atoms with Gasteiger partial charge in [-0.05, 0) is 56.4 Å². The average molecular weight is 419 g/mol. The molecule has 1 atom stereocenters. The SMILES string of the molecule is O=C(Nc1ccc(F)nc1)C1CCCN1c1nc2c(c(Nc3ccccn3)n1)CCC2. The highest BCUT2D eigenvalue weighted by atomic mass is 19.1. The lowest BCUT2D eigenvalue weighted by atomic mass is 10.2. The van der Waals surface area contributed by atoms with Crippen LogP contribution in [-0.2, 0) is 17.6 Å². The molecule has 1 fully saturated rings. The Morgan fingerprint density at radius 1 is 1.10 bits per heavy atom.